The molecule has 2 unspecified atom stereocenters. The van der Waals surface area contributed by atoms with E-state index in [1.165, 1.54) is 5.56 Å². The molecule has 114 valence electrons. The Morgan fingerprint density at radius 2 is 1.60 bits per heavy atom. The van der Waals surface area contributed by atoms with Gasteiger partial charge >= 0.3 is 6.18 Å². The Bertz CT molecular complexity index is 384. The van der Waals surface area contributed by atoms with Gasteiger partial charge in [0.2, 0.25) is 0 Å². The molecule has 1 rings (SSSR count). The molecule has 0 radical (unpaired) electrons. The zero-order valence-electron chi connectivity index (χ0n) is 12.4. The van der Waals surface area contributed by atoms with Crippen molar-refractivity contribution in [2.24, 2.45) is 0 Å². The third kappa shape index (κ3) is 5.53. The summed E-state index contributed by atoms with van der Waals surface area (Å²) in [6.07, 6.45) is -3.70. The molecule has 4 heteroatoms. The molecule has 0 bridgehead atoms. The average molecular weight is 287 g/mol. The van der Waals surface area contributed by atoms with Gasteiger partial charge in [0.1, 0.15) is 0 Å². The van der Waals surface area contributed by atoms with Crippen molar-refractivity contribution in [2.75, 3.05) is 6.54 Å². The highest BCUT2D eigenvalue weighted by Crippen LogP contribution is 2.28. The first kappa shape index (κ1) is 17.0. The van der Waals surface area contributed by atoms with Gasteiger partial charge in [0.15, 0.2) is 0 Å². The average Bonchev–Trinajstić information content (AvgIpc) is 2.42. The predicted molar refractivity (Wildman–Crippen MR) is 76.9 cm³/mol. The van der Waals surface area contributed by atoms with Crippen LogP contribution >= 0.6 is 0 Å². The van der Waals surface area contributed by atoms with Crippen LogP contribution in [0.3, 0.4) is 0 Å². The van der Waals surface area contributed by atoms with E-state index in [-0.39, 0.29) is 12.5 Å². The van der Waals surface area contributed by atoms with Gasteiger partial charge in [0, 0.05) is 12.5 Å². The second kappa shape index (κ2) is 7.67. The summed E-state index contributed by atoms with van der Waals surface area (Å²) in [4.78, 5) is 0. The summed E-state index contributed by atoms with van der Waals surface area (Å²) in [5.74, 6) is 0.483. The number of alkyl halides is 3. The molecular formula is C16H24F3N. The van der Waals surface area contributed by atoms with Gasteiger partial charge in [-0.2, -0.15) is 13.2 Å². The first-order valence-corrected chi connectivity index (χ1v) is 7.27. The summed E-state index contributed by atoms with van der Waals surface area (Å²) >= 11 is 0. The van der Waals surface area contributed by atoms with E-state index in [2.05, 4.69) is 19.2 Å². The van der Waals surface area contributed by atoms with Crippen molar-refractivity contribution in [3.63, 3.8) is 0 Å². The van der Waals surface area contributed by atoms with Gasteiger partial charge in [-0.3, -0.25) is 0 Å². The van der Waals surface area contributed by atoms with Crippen LogP contribution in [0.2, 0.25) is 0 Å². The molecule has 0 saturated heterocycles. The lowest BCUT2D eigenvalue weighted by molar-refractivity contribution is -0.136. The Balaban J connectivity index is 2.76. The molecule has 0 aliphatic rings. The van der Waals surface area contributed by atoms with E-state index in [9.17, 15) is 13.2 Å². The second-order valence-corrected chi connectivity index (χ2v) is 5.24. The standard InChI is InChI=1S/C16H24F3N/c1-4-12(3)13-6-8-14(9-7-13)15(20-5-2)10-11-16(17,18)19/h6-9,12,15,20H,4-5,10-11H2,1-3H3. The third-order valence-corrected chi connectivity index (χ3v) is 3.69. The SMILES string of the molecule is CCNC(CCC(F)(F)F)c1ccc(C(C)CC)cc1. The molecule has 1 nitrogen and oxygen atoms in total. The molecule has 1 N–H and O–H groups in total. The summed E-state index contributed by atoms with van der Waals surface area (Å²) in [5.41, 5.74) is 2.17. The lowest BCUT2D eigenvalue weighted by Gasteiger charge is -2.20. The van der Waals surface area contributed by atoms with Crippen molar-refractivity contribution in [3.8, 4) is 0 Å². The van der Waals surface area contributed by atoms with Crippen LogP contribution in [0.5, 0.6) is 0 Å². The van der Waals surface area contributed by atoms with Gasteiger partial charge < -0.3 is 5.32 Å². The van der Waals surface area contributed by atoms with Crippen LogP contribution in [-0.4, -0.2) is 12.7 Å². The van der Waals surface area contributed by atoms with Crippen LogP contribution in [0.15, 0.2) is 24.3 Å². The van der Waals surface area contributed by atoms with Crippen LogP contribution < -0.4 is 5.32 Å². The van der Waals surface area contributed by atoms with E-state index < -0.39 is 12.6 Å². The van der Waals surface area contributed by atoms with Crippen LogP contribution in [0.1, 0.15) is 63.1 Å². The van der Waals surface area contributed by atoms with Crippen LogP contribution in [0.4, 0.5) is 13.2 Å². The van der Waals surface area contributed by atoms with E-state index in [1.54, 1.807) is 0 Å². The Morgan fingerprint density at radius 1 is 1.05 bits per heavy atom. The molecule has 0 saturated carbocycles. The van der Waals surface area contributed by atoms with Crippen molar-refractivity contribution in [1.82, 2.24) is 5.32 Å². The van der Waals surface area contributed by atoms with Crippen molar-refractivity contribution in [1.29, 1.82) is 0 Å². The Morgan fingerprint density at radius 3 is 2.05 bits per heavy atom. The summed E-state index contributed by atoms with van der Waals surface area (Å²) in [6, 6.07) is 7.73. The minimum atomic E-state index is -4.09. The Labute approximate surface area is 119 Å². The highest BCUT2D eigenvalue weighted by molar-refractivity contribution is 5.27. The smallest absolute Gasteiger partial charge is 0.310 e. The molecule has 0 aromatic heterocycles. The number of benzene rings is 1. The highest BCUT2D eigenvalue weighted by atomic mass is 19.4. The number of halogens is 3. The fourth-order valence-corrected chi connectivity index (χ4v) is 2.23. The summed E-state index contributed by atoms with van der Waals surface area (Å²) in [7, 11) is 0. The number of hydrogen-bond acceptors (Lipinski definition) is 1. The number of rotatable bonds is 7. The van der Waals surface area contributed by atoms with Gasteiger partial charge in [-0.15, -0.1) is 0 Å². The van der Waals surface area contributed by atoms with Crippen molar-refractivity contribution < 1.29 is 13.2 Å². The van der Waals surface area contributed by atoms with Crippen LogP contribution in [0.25, 0.3) is 0 Å². The maximum atomic E-state index is 12.4. The highest BCUT2D eigenvalue weighted by Gasteiger charge is 2.28. The van der Waals surface area contributed by atoms with Crippen molar-refractivity contribution in [3.05, 3.63) is 35.4 Å². The van der Waals surface area contributed by atoms with E-state index in [1.807, 2.05) is 31.2 Å². The first-order valence-electron chi connectivity index (χ1n) is 7.27. The lowest BCUT2D eigenvalue weighted by atomic mass is 9.94. The normalized spacial score (nSPS) is 15.1. The van der Waals surface area contributed by atoms with E-state index in [4.69, 9.17) is 0 Å². The number of nitrogens with one attached hydrogen (secondary N) is 1. The zero-order chi connectivity index (χ0) is 15.2. The van der Waals surface area contributed by atoms with Gasteiger partial charge in [-0.1, -0.05) is 45.0 Å². The topological polar surface area (TPSA) is 12.0 Å². The summed E-state index contributed by atoms with van der Waals surface area (Å²) in [5, 5.41) is 3.13. The molecule has 0 aliphatic heterocycles. The van der Waals surface area contributed by atoms with E-state index in [0.717, 1.165) is 12.0 Å². The van der Waals surface area contributed by atoms with Crippen LogP contribution in [-0.2, 0) is 0 Å². The first-order chi connectivity index (χ1) is 9.37. The number of hydrogen-bond donors (Lipinski definition) is 1. The maximum Gasteiger partial charge on any atom is 0.389 e. The molecule has 0 amide bonds. The molecule has 0 fully saturated rings. The zero-order valence-corrected chi connectivity index (χ0v) is 12.4. The van der Waals surface area contributed by atoms with Crippen molar-refractivity contribution in [2.45, 2.75) is 58.2 Å². The fourth-order valence-electron chi connectivity index (χ4n) is 2.23. The predicted octanol–water partition coefficient (Wildman–Crippen LogP) is 5.19. The monoisotopic (exact) mass is 287 g/mol. The maximum absolute atomic E-state index is 12.4. The third-order valence-electron chi connectivity index (χ3n) is 3.69. The molecule has 20 heavy (non-hydrogen) atoms. The molecule has 1 aromatic rings. The second-order valence-electron chi connectivity index (χ2n) is 5.24. The Kier molecular flexibility index (Phi) is 6.53. The fraction of sp³-hybridized carbons (Fsp3) is 0.625. The van der Waals surface area contributed by atoms with Crippen LogP contribution in [0, 0.1) is 0 Å². The molecule has 1 aromatic carbocycles. The molecular weight excluding hydrogens is 263 g/mol. The van der Waals surface area contributed by atoms with Gasteiger partial charge in [-0.25, -0.2) is 0 Å². The molecule has 0 aliphatic carbocycles. The van der Waals surface area contributed by atoms with E-state index in [0.29, 0.717) is 12.5 Å². The van der Waals surface area contributed by atoms with Crippen molar-refractivity contribution >= 4 is 0 Å². The van der Waals surface area contributed by atoms with Gasteiger partial charge in [0.05, 0.1) is 0 Å². The molecule has 0 spiro atoms. The Hall–Kier alpha value is -1.03. The summed E-state index contributed by atoms with van der Waals surface area (Å²) < 4.78 is 37.1. The largest absolute Gasteiger partial charge is 0.389 e. The minimum Gasteiger partial charge on any atom is -0.310 e. The minimum absolute atomic E-state index is 0.0834. The van der Waals surface area contributed by atoms with E-state index >= 15 is 0 Å². The quantitative estimate of drug-likeness (QED) is 0.727. The molecule has 0 heterocycles. The van der Waals surface area contributed by atoms with Gasteiger partial charge in [-0.05, 0) is 36.4 Å². The summed E-state index contributed by atoms with van der Waals surface area (Å²) in [6.45, 7) is 6.85. The molecule has 2 atom stereocenters. The lowest BCUT2D eigenvalue weighted by Crippen LogP contribution is -2.23. The van der Waals surface area contributed by atoms with Gasteiger partial charge in [0.25, 0.3) is 0 Å².